The van der Waals surface area contributed by atoms with Crippen molar-refractivity contribution < 1.29 is 9.53 Å². The average Bonchev–Trinajstić information content (AvgIpc) is 2.72. The second-order valence-electron chi connectivity index (χ2n) is 4.65. The molecule has 2 rings (SSSR count). The average molecular weight is 261 g/mol. The molecule has 0 saturated heterocycles. The molecule has 0 fully saturated rings. The van der Waals surface area contributed by atoms with Crippen LogP contribution >= 0.6 is 0 Å². The van der Waals surface area contributed by atoms with Crippen LogP contribution < -0.4 is 10.1 Å². The molecule has 102 valence electrons. The molecule has 0 aliphatic rings. The van der Waals surface area contributed by atoms with Gasteiger partial charge in [0.2, 0.25) is 5.88 Å². The van der Waals surface area contributed by atoms with E-state index in [1.54, 1.807) is 23.9 Å². The van der Waals surface area contributed by atoms with Gasteiger partial charge in [-0.05, 0) is 31.5 Å². The lowest BCUT2D eigenvalue weighted by Gasteiger charge is -2.11. The van der Waals surface area contributed by atoms with Crippen LogP contribution in [0.4, 0.5) is 0 Å². The number of hydrogen-bond acceptors (Lipinski definition) is 3. The zero-order valence-electron chi connectivity index (χ0n) is 11.7. The summed E-state index contributed by atoms with van der Waals surface area (Å²) < 4.78 is 6.95. The molecule has 1 atom stereocenters. The Bertz CT molecular complexity index is 604. The lowest BCUT2D eigenvalue weighted by atomic mass is 10.1. The smallest absolute Gasteiger partial charge is 0.251 e. The highest BCUT2D eigenvalue weighted by Crippen LogP contribution is 2.25. The molecular weight excluding hydrogens is 242 g/mol. The molecule has 1 heterocycles. The van der Waals surface area contributed by atoms with E-state index in [2.05, 4.69) is 10.4 Å². The Morgan fingerprint density at radius 3 is 2.89 bits per heavy atom. The van der Waals surface area contributed by atoms with Gasteiger partial charge >= 0.3 is 0 Å². The second-order valence-corrected chi connectivity index (χ2v) is 4.65. The fourth-order valence-electron chi connectivity index (χ4n) is 1.97. The molecule has 0 bridgehead atoms. The van der Waals surface area contributed by atoms with Gasteiger partial charge in [-0.15, -0.1) is 0 Å². The third-order valence-electron chi connectivity index (χ3n) is 3.23. The Balaban J connectivity index is 2.34. The molecule has 1 unspecified atom stereocenters. The number of methoxy groups -OCH3 is 1. The van der Waals surface area contributed by atoms with Crippen molar-refractivity contribution in [1.82, 2.24) is 15.1 Å². The van der Waals surface area contributed by atoms with Gasteiger partial charge in [-0.25, -0.2) is 4.68 Å². The van der Waals surface area contributed by atoms with Crippen molar-refractivity contribution in [2.24, 2.45) is 7.05 Å². The Kier molecular flexibility index (Phi) is 3.74. The minimum Gasteiger partial charge on any atom is -0.481 e. The zero-order chi connectivity index (χ0) is 14.0. The van der Waals surface area contributed by atoms with E-state index in [0.717, 1.165) is 17.3 Å². The van der Waals surface area contributed by atoms with Crippen molar-refractivity contribution >= 4 is 16.8 Å². The van der Waals surface area contributed by atoms with Gasteiger partial charge in [0, 0.05) is 18.7 Å². The summed E-state index contributed by atoms with van der Waals surface area (Å²) in [6, 6.07) is 5.62. The highest BCUT2D eigenvalue weighted by Gasteiger charge is 2.13. The van der Waals surface area contributed by atoms with Gasteiger partial charge in [0.25, 0.3) is 5.91 Å². The van der Waals surface area contributed by atoms with Crippen LogP contribution in [0.15, 0.2) is 18.2 Å². The first-order chi connectivity index (χ1) is 9.06. The van der Waals surface area contributed by atoms with E-state index in [9.17, 15) is 4.79 Å². The monoisotopic (exact) mass is 261 g/mol. The van der Waals surface area contributed by atoms with Crippen molar-refractivity contribution in [3.05, 3.63) is 23.8 Å². The molecule has 19 heavy (non-hydrogen) atoms. The van der Waals surface area contributed by atoms with Crippen molar-refractivity contribution in [2.75, 3.05) is 7.11 Å². The van der Waals surface area contributed by atoms with E-state index in [0.29, 0.717) is 11.4 Å². The van der Waals surface area contributed by atoms with Gasteiger partial charge in [-0.3, -0.25) is 4.79 Å². The first kappa shape index (κ1) is 13.4. The first-order valence-corrected chi connectivity index (χ1v) is 6.38. The number of ether oxygens (including phenoxy) is 1. The van der Waals surface area contributed by atoms with Crippen LogP contribution in [0.25, 0.3) is 10.9 Å². The number of carbonyl (C=O) groups excluding carboxylic acids is 1. The SMILES string of the molecule is CCC(C)NC(=O)c1ccc2c(OC)n(C)nc2c1. The van der Waals surface area contributed by atoms with Crippen LogP contribution in [0.5, 0.6) is 5.88 Å². The van der Waals surface area contributed by atoms with E-state index < -0.39 is 0 Å². The summed E-state index contributed by atoms with van der Waals surface area (Å²) >= 11 is 0. The third-order valence-corrected chi connectivity index (χ3v) is 3.23. The normalized spacial score (nSPS) is 12.4. The number of nitrogens with zero attached hydrogens (tertiary/aromatic N) is 2. The van der Waals surface area contributed by atoms with Gasteiger partial charge in [0.15, 0.2) is 0 Å². The minimum absolute atomic E-state index is 0.0686. The summed E-state index contributed by atoms with van der Waals surface area (Å²) in [7, 11) is 3.43. The fraction of sp³-hybridized carbons (Fsp3) is 0.429. The van der Waals surface area contributed by atoms with Crippen LogP contribution in [-0.2, 0) is 7.05 Å². The van der Waals surface area contributed by atoms with Crippen molar-refractivity contribution in [1.29, 1.82) is 0 Å². The minimum atomic E-state index is -0.0686. The molecule has 5 heteroatoms. The van der Waals surface area contributed by atoms with Gasteiger partial charge in [-0.1, -0.05) is 6.92 Å². The third kappa shape index (κ3) is 2.54. The molecule has 0 spiro atoms. The van der Waals surface area contributed by atoms with E-state index >= 15 is 0 Å². The largest absolute Gasteiger partial charge is 0.481 e. The van der Waals surface area contributed by atoms with E-state index in [4.69, 9.17) is 4.74 Å². The van der Waals surface area contributed by atoms with Gasteiger partial charge in [0.05, 0.1) is 18.0 Å². The number of amides is 1. The number of aromatic nitrogens is 2. The maximum Gasteiger partial charge on any atom is 0.251 e. The van der Waals surface area contributed by atoms with Crippen LogP contribution in [-0.4, -0.2) is 28.8 Å². The topological polar surface area (TPSA) is 56.1 Å². The quantitative estimate of drug-likeness (QED) is 0.917. The molecule has 0 aliphatic carbocycles. The van der Waals surface area contributed by atoms with Crippen LogP contribution in [0, 0.1) is 0 Å². The highest BCUT2D eigenvalue weighted by molar-refractivity contribution is 5.98. The Morgan fingerprint density at radius 1 is 1.53 bits per heavy atom. The molecule has 5 nitrogen and oxygen atoms in total. The van der Waals surface area contributed by atoms with Crippen molar-refractivity contribution in [2.45, 2.75) is 26.3 Å². The number of carbonyl (C=O) groups is 1. The number of aryl methyl sites for hydroxylation is 1. The maximum absolute atomic E-state index is 12.0. The lowest BCUT2D eigenvalue weighted by molar-refractivity contribution is 0.0939. The zero-order valence-corrected chi connectivity index (χ0v) is 11.7. The highest BCUT2D eigenvalue weighted by atomic mass is 16.5. The molecule has 0 radical (unpaired) electrons. The predicted octanol–water partition coefficient (Wildman–Crippen LogP) is 2.11. The Labute approximate surface area is 112 Å². The number of fused-ring (bicyclic) bond motifs is 1. The Hall–Kier alpha value is -2.04. The van der Waals surface area contributed by atoms with E-state index in [1.807, 2.05) is 27.0 Å². The molecular formula is C14H19N3O2. The second kappa shape index (κ2) is 5.30. The molecule has 1 N–H and O–H groups in total. The summed E-state index contributed by atoms with van der Waals surface area (Å²) in [6.45, 7) is 4.03. The Morgan fingerprint density at radius 2 is 2.26 bits per heavy atom. The molecule has 0 saturated carbocycles. The summed E-state index contributed by atoms with van der Waals surface area (Å²) in [5.41, 5.74) is 1.38. The summed E-state index contributed by atoms with van der Waals surface area (Å²) in [4.78, 5) is 12.0. The first-order valence-electron chi connectivity index (χ1n) is 6.38. The number of benzene rings is 1. The number of hydrogen-bond donors (Lipinski definition) is 1. The van der Waals surface area contributed by atoms with Crippen LogP contribution in [0.3, 0.4) is 0 Å². The van der Waals surface area contributed by atoms with Crippen LogP contribution in [0.1, 0.15) is 30.6 Å². The summed E-state index contributed by atoms with van der Waals surface area (Å²) in [5.74, 6) is 0.629. The standard InChI is InChI=1S/C14H19N3O2/c1-5-9(2)15-13(18)10-6-7-11-12(8-10)16-17(3)14(11)19-4/h6-9H,5H2,1-4H3,(H,15,18). The van der Waals surface area contributed by atoms with Crippen molar-refractivity contribution in [3.8, 4) is 5.88 Å². The predicted molar refractivity (Wildman–Crippen MR) is 74.5 cm³/mol. The van der Waals surface area contributed by atoms with E-state index in [-0.39, 0.29) is 11.9 Å². The van der Waals surface area contributed by atoms with Crippen LogP contribution in [0.2, 0.25) is 0 Å². The molecule has 1 aromatic carbocycles. The van der Waals surface area contributed by atoms with Gasteiger partial charge in [-0.2, -0.15) is 5.10 Å². The lowest BCUT2D eigenvalue weighted by Crippen LogP contribution is -2.31. The van der Waals surface area contributed by atoms with Gasteiger partial charge in [0.1, 0.15) is 0 Å². The number of rotatable bonds is 4. The van der Waals surface area contributed by atoms with Crippen molar-refractivity contribution in [3.63, 3.8) is 0 Å². The molecule has 1 aromatic heterocycles. The molecule has 2 aromatic rings. The fourth-order valence-corrected chi connectivity index (χ4v) is 1.97. The maximum atomic E-state index is 12.0. The number of nitrogens with one attached hydrogen (secondary N) is 1. The summed E-state index contributed by atoms with van der Waals surface area (Å²) in [6.07, 6.45) is 0.908. The molecule has 1 amide bonds. The van der Waals surface area contributed by atoms with Gasteiger partial charge < -0.3 is 10.1 Å². The van der Waals surface area contributed by atoms with E-state index in [1.165, 1.54) is 0 Å². The molecule has 0 aliphatic heterocycles. The summed E-state index contributed by atoms with van der Waals surface area (Å²) in [5, 5.41) is 8.19.